The van der Waals surface area contributed by atoms with Gasteiger partial charge in [-0.05, 0) is 42.8 Å². The fourth-order valence-electron chi connectivity index (χ4n) is 2.87. The number of nitrogens with one attached hydrogen (secondary N) is 2. The molecule has 3 aromatic rings. The normalized spacial score (nSPS) is 10.2. The van der Waals surface area contributed by atoms with Gasteiger partial charge in [0.15, 0.2) is 18.1 Å². The smallest absolute Gasteiger partial charge is 0.266 e. The lowest BCUT2D eigenvalue weighted by Crippen LogP contribution is -2.20. The maximum absolute atomic E-state index is 12.2. The lowest BCUT2D eigenvalue weighted by molar-refractivity contribution is -0.118. The Labute approximate surface area is 177 Å². The third-order valence-corrected chi connectivity index (χ3v) is 4.59. The van der Waals surface area contributed by atoms with Gasteiger partial charge in [0.05, 0.1) is 17.8 Å². The average Bonchev–Trinajstić information content (AvgIpc) is 2.73. The Morgan fingerprint density at radius 3 is 2.67 bits per heavy atom. The monoisotopic (exact) mass is 423 g/mol. The van der Waals surface area contributed by atoms with Crippen molar-refractivity contribution in [1.82, 2.24) is 4.98 Å². The van der Waals surface area contributed by atoms with Crippen molar-refractivity contribution in [3.8, 4) is 28.7 Å². The molecule has 0 bridgehead atoms. The van der Waals surface area contributed by atoms with E-state index in [1.807, 2.05) is 6.07 Å². The van der Waals surface area contributed by atoms with Crippen LogP contribution < -0.4 is 20.3 Å². The van der Waals surface area contributed by atoms with Gasteiger partial charge >= 0.3 is 0 Å². The summed E-state index contributed by atoms with van der Waals surface area (Å²) in [4.78, 5) is 26.8. The molecule has 1 aromatic heterocycles. The van der Waals surface area contributed by atoms with Gasteiger partial charge in [0.25, 0.3) is 11.5 Å². The lowest BCUT2D eigenvalue weighted by atomic mass is 10.0. The van der Waals surface area contributed by atoms with E-state index in [0.717, 1.165) is 0 Å². The SMILES string of the molecule is COc1cc(-c2cc(C)[nH]c(=O)c2C#N)ccc1OCC(=O)Nc1ccccc1Cl. The topological polar surface area (TPSA) is 104 Å². The number of pyridine rings is 1. The summed E-state index contributed by atoms with van der Waals surface area (Å²) < 4.78 is 10.9. The number of aromatic amines is 1. The van der Waals surface area contributed by atoms with E-state index in [2.05, 4.69) is 10.3 Å². The van der Waals surface area contributed by atoms with E-state index in [4.69, 9.17) is 21.1 Å². The van der Waals surface area contributed by atoms with Crippen LogP contribution in [0.4, 0.5) is 5.69 Å². The molecule has 30 heavy (non-hydrogen) atoms. The van der Waals surface area contributed by atoms with Crippen molar-refractivity contribution in [2.45, 2.75) is 6.92 Å². The van der Waals surface area contributed by atoms with Crippen molar-refractivity contribution in [2.24, 2.45) is 0 Å². The number of hydrogen-bond donors (Lipinski definition) is 2. The van der Waals surface area contributed by atoms with Crippen LogP contribution in [0.25, 0.3) is 11.1 Å². The van der Waals surface area contributed by atoms with Crippen molar-refractivity contribution in [3.05, 3.63) is 75.2 Å². The summed E-state index contributed by atoms with van der Waals surface area (Å²) >= 11 is 6.03. The molecular formula is C22H18ClN3O4. The number of aromatic nitrogens is 1. The van der Waals surface area contributed by atoms with Crippen molar-refractivity contribution in [3.63, 3.8) is 0 Å². The van der Waals surface area contributed by atoms with Crippen molar-refractivity contribution >= 4 is 23.2 Å². The number of ether oxygens (including phenoxy) is 2. The third-order valence-electron chi connectivity index (χ3n) is 4.26. The number of halogens is 1. The van der Waals surface area contributed by atoms with Gasteiger partial charge in [-0.15, -0.1) is 0 Å². The quantitative estimate of drug-likeness (QED) is 0.625. The van der Waals surface area contributed by atoms with Crippen molar-refractivity contribution in [1.29, 1.82) is 5.26 Å². The van der Waals surface area contributed by atoms with Crippen molar-refractivity contribution in [2.75, 3.05) is 19.0 Å². The lowest BCUT2D eigenvalue weighted by Gasteiger charge is -2.13. The highest BCUT2D eigenvalue weighted by atomic mass is 35.5. The second-order valence-corrected chi connectivity index (χ2v) is 6.77. The minimum atomic E-state index is -0.456. The maximum Gasteiger partial charge on any atom is 0.266 e. The summed E-state index contributed by atoms with van der Waals surface area (Å²) in [5.41, 5.74) is 1.78. The zero-order valence-electron chi connectivity index (χ0n) is 16.3. The molecule has 1 heterocycles. The summed E-state index contributed by atoms with van der Waals surface area (Å²) in [6, 6.07) is 15.5. The number of rotatable bonds is 6. The largest absolute Gasteiger partial charge is 0.493 e. The molecule has 0 unspecified atom stereocenters. The highest BCUT2D eigenvalue weighted by Gasteiger charge is 2.14. The minimum Gasteiger partial charge on any atom is -0.493 e. The molecule has 1 amide bonds. The predicted molar refractivity (Wildman–Crippen MR) is 114 cm³/mol. The number of aryl methyl sites for hydroxylation is 1. The number of methoxy groups -OCH3 is 1. The number of nitrogens with zero attached hydrogens (tertiary/aromatic N) is 1. The van der Waals surface area contributed by atoms with E-state index in [9.17, 15) is 14.9 Å². The molecule has 0 aliphatic rings. The fourth-order valence-corrected chi connectivity index (χ4v) is 3.06. The summed E-state index contributed by atoms with van der Waals surface area (Å²) in [6.45, 7) is 1.48. The number of carbonyl (C=O) groups excluding carboxylic acids is 1. The summed E-state index contributed by atoms with van der Waals surface area (Å²) in [7, 11) is 1.46. The van der Waals surface area contributed by atoms with Gasteiger partial charge in [0.2, 0.25) is 0 Å². The zero-order chi connectivity index (χ0) is 21.7. The first-order chi connectivity index (χ1) is 14.4. The maximum atomic E-state index is 12.2. The van der Waals surface area contributed by atoms with E-state index in [1.54, 1.807) is 55.5 Å². The number of nitriles is 1. The van der Waals surface area contributed by atoms with Crippen molar-refractivity contribution < 1.29 is 14.3 Å². The molecule has 2 aromatic carbocycles. The van der Waals surface area contributed by atoms with Gasteiger partial charge in [-0.2, -0.15) is 5.26 Å². The molecule has 0 fully saturated rings. The number of carbonyl (C=O) groups is 1. The molecule has 0 radical (unpaired) electrons. The zero-order valence-corrected chi connectivity index (χ0v) is 17.0. The number of para-hydroxylation sites is 1. The van der Waals surface area contributed by atoms with E-state index < -0.39 is 5.56 Å². The molecule has 0 saturated carbocycles. The standard InChI is InChI=1S/C22H18ClN3O4/c1-13-9-15(16(11-24)22(28)25-13)14-7-8-19(20(10-14)29-2)30-12-21(27)26-18-6-4-3-5-17(18)23/h3-10H,12H2,1-2H3,(H,25,28)(H,26,27). The second kappa shape index (κ2) is 9.16. The molecule has 7 nitrogen and oxygen atoms in total. The Kier molecular flexibility index (Phi) is 6.40. The molecule has 0 aliphatic carbocycles. The van der Waals surface area contributed by atoms with E-state index in [-0.39, 0.29) is 18.1 Å². The van der Waals surface area contributed by atoms with Crippen LogP contribution in [-0.4, -0.2) is 24.6 Å². The highest BCUT2D eigenvalue weighted by Crippen LogP contribution is 2.33. The Morgan fingerprint density at radius 2 is 1.97 bits per heavy atom. The molecule has 0 spiro atoms. The summed E-state index contributed by atoms with van der Waals surface area (Å²) in [5, 5.41) is 12.4. The van der Waals surface area contributed by atoms with Crippen LogP contribution in [0.5, 0.6) is 11.5 Å². The first kappa shape index (κ1) is 21.0. The number of H-pyrrole nitrogens is 1. The summed E-state index contributed by atoms with van der Waals surface area (Å²) in [5.74, 6) is 0.321. The third kappa shape index (κ3) is 4.62. The Bertz CT molecular complexity index is 1200. The van der Waals surface area contributed by atoms with E-state index in [1.165, 1.54) is 7.11 Å². The van der Waals surface area contributed by atoms with Crippen LogP contribution in [0.2, 0.25) is 5.02 Å². The van der Waals surface area contributed by atoms with E-state index >= 15 is 0 Å². The van der Waals surface area contributed by atoms with Crippen LogP contribution in [0.15, 0.2) is 53.3 Å². The predicted octanol–water partition coefficient (Wildman–Crippen LogP) is 3.90. The van der Waals surface area contributed by atoms with Gasteiger partial charge in [-0.1, -0.05) is 29.8 Å². The highest BCUT2D eigenvalue weighted by molar-refractivity contribution is 6.33. The first-order valence-corrected chi connectivity index (χ1v) is 9.30. The fraction of sp³-hybridized carbons (Fsp3) is 0.136. The van der Waals surface area contributed by atoms with Gasteiger partial charge in [0, 0.05) is 11.3 Å². The molecule has 3 rings (SSSR count). The number of anilines is 1. The summed E-state index contributed by atoms with van der Waals surface area (Å²) in [6.07, 6.45) is 0. The molecule has 0 atom stereocenters. The molecule has 2 N–H and O–H groups in total. The molecule has 0 aliphatic heterocycles. The van der Waals surface area contributed by atoms with Crippen LogP contribution in [-0.2, 0) is 4.79 Å². The van der Waals surface area contributed by atoms with Crippen LogP contribution in [0, 0.1) is 18.3 Å². The Balaban J connectivity index is 1.80. The molecule has 0 saturated heterocycles. The number of benzene rings is 2. The van der Waals surface area contributed by atoms with E-state index in [0.29, 0.717) is 39.0 Å². The van der Waals surface area contributed by atoms with Crippen LogP contribution in [0.3, 0.4) is 0 Å². The first-order valence-electron chi connectivity index (χ1n) is 8.92. The minimum absolute atomic E-state index is 0.00967. The van der Waals surface area contributed by atoms with Crippen LogP contribution in [0.1, 0.15) is 11.3 Å². The molecule has 8 heteroatoms. The molecular weight excluding hydrogens is 406 g/mol. The van der Waals surface area contributed by atoms with Gasteiger partial charge in [0.1, 0.15) is 11.6 Å². The second-order valence-electron chi connectivity index (χ2n) is 6.36. The Morgan fingerprint density at radius 1 is 1.20 bits per heavy atom. The number of hydrogen-bond acceptors (Lipinski definition) is 5. The molecule has 152 valence electrons. The van der Waals surface area contributed by atoms with Gasteiger partial charge in [-0.3, -0.25) is 9.59 Å². The Hall–Kier alpha value is -3.76. The number of amides is 1. The van der Waals surface area contributed by atoms with Gasteiger partial charge in [-0.25, -0.2) is 0 Å². The average molecular weight is 424 g/mol. The van der Waals surface area contributed by atoms with Gasteiger partial charge < -0.3 is 19.8 Å². The van der Waals surface area contributed by atoms with Crippen LogP contribution >= 0.6 is 11.6 Å².